The molecule has 2 aliphatic heterocycles. The van der Waals surface area contributed by atoms with Crippen LogP contribution in [0.2, 0.25) is 0 Å². The Morgan fingerprint density at radius 2 is 2.20 bits per heavy atom. The van der Waals surface area contributed by atoms with Crippen molar-refractivity contribution in [1.82, 2.24) is 9.80 Å². The molecule has 2 aliphatic rings. The fourth-order valence-corrected chi connectivity index (χ4v) is 3.36. The van der Waals surface area contributed by atoms with Gasteiger partial charge in [0.15, 0.2) is 0 Å². The number of likely N-dealkylation sites (N-methyl/N-ethyl adjacent to an activating group) is 1. The minimum atomic E-state index is 0.372. The van der Waals surface area contributed by atoms with Crippen molar-refractivity contribution in [3.8, 4) is 5.75 Å². The van der Waals surface area contributed by atoms with E-state index in [1.807, 2.05) is 24.3 Å². The van der Waals surface area contributed by atoms with E-state index in [2.05, 4.69) is 32.8 Å². The number of benzene rings is 1. The van der Waals surface area contributed by atoms with Gasteiger partial charge >= 0.3 is 0 Å². The molecule has 1 aromatic carbocycles. The van der Waals surface area contributed by atoms with Crippen LogP contribution in [0, 0.1) is 0 Å². The normalized spacial score (nSPS) is 27.5. The van der Waals surface area contributed by atoms with Crippen molar-refractivity contribution in [3.63, 3.8) is 0 Å². The molecule has 0 aromatic heterocycles. The summed E-state index contributed by atoms with van der Waals surface area (Å²) in [6.07, 6.45) is 0.372. The lowest BCUT2D eigenvalue weighted by molar-refractivity contribution is -0.0370. The van der Waals surface area contributed by atoms with E-state index in [9.17, 15) is 0 Å². The third-order valence-corrected chi connectivity index (χ3v) is 4.81. The highest BCUT2D eigenvalue weighted by atomic mass is 79.9. The van der Waals surface area contributed by atoms with Gasteiger partial charge in [0.25, 0.3) is 0 Å². The Morgan fingerprint density at radius 1 is 1.35 bits per heavy atom. The lowest BCUT2D eigenvalue weighted by atomic mass is 10.1. The van der Waals surface area contributed by atoms with Crippen LogP contribution in [0.15, 0.2) is 28.7 Å². The van der Waals surface area contributed by atoms with Crippen LogP contribution < -0.4 is 4.74 Å². The summed E-state index contributed by atoms with van der Waals surface area (Å²) in [4.78, 5) is 4.86. The van der Waals surface area contributed by atoms with Crippen LogP contribution in [0.4, 0.5) is 0 Å². The molecule has 0 radical (unpaired) electrons. The van der Waals surface area contributed by atoms with Gasteiger partial charge in [-0.1, -0.05) is 12.1 Å². The van der Waals surface area contributed by atoms with Gasteiger partial charge in [0.2, 0.25) is 0 Å². The van der Waals surface area contributed by atoms with Gasteiger partial charge in [-0.15, -0.1) is 0 Å². The van der Waals surface area contributed by atoms with Gasteiger partial charge in [0, 0.05) is 32.2 Å². The number of halogens is 1. The second kappa shape index (κ2) is 6.43. The SMILES string of the molecule is CN1CCO[C@H]2CN(CCOc3ccccc3Br)C[C@H]21. The van der Waals surface area contributed by atoms with Gasteiger partial charge in [-0.05, 0) is 35.1 Å². The fraction of sp³-hybridized carbons (Fsp3) is 0.600. The van der Waals surface area contributed by atoms with E-state index >= 15 is 0 Å². The Labute approximate surface area is 128 Å². The van der Waals surface area contributed by atoms with Gasteiger partial charge in [-0.25, -0.2) is 0 Å². The van der Waals surface area contributed by atoms with Gasteiger partial charge in [0.05, 0.1) is 17.2 Å². The molecule has 1 aromatic rings. The third-order valence-electron chi connectivity index (χ3n) is 4.16. The van der Waals surface area contributed by atoms with Crippen molar-refractivity contribution in [2.45, 2.75) is 12.1 Å². The number of ether oxygens (including phenoxy) is 2. The minimum absolute atomic E-state index is 0.372. The monoisotopic (exact) mass is 340 g/mol. The van der Waals surface area contributed by atoms with E-state index in [1.54, 1.807) is 0 Å². The van der Waals surface area contributed by atoms with E-state index in [1.165, 1.54) is 0 Å². The Hall–Kier alpha value is -0.620. The average molecular weight is 341 g/mol. The summed E-state index contributed by atoms with van der Waals surface area (Å²) in [7, 11) is 2.20. The largest absolute Gasteiger partial charge is 0.491 e. The molecule has 0 saturated carbocycles. The Morgan fingerprint density at radius 3 is 3.00 bits per heavy atom. The van der Waals surface area contributed by atoms with Crippen molar-refractivity contribution in [2.75, 3.05) is 46.4 Å². The van der Waals surface area contributed by atoms with Crippen LogP contribution in [0.1, 0.15) is 0 Å². The van der Waals surface area contributed by atoms with E-state index in [4.69, 9.17) is 9.47 Å². The van der Waals surface area contributed by atoms with Crippen LogP contribution in [0.5, 0.6) is 5.75 Å². The molecular formula is C15H21BrN2O2. The van der Waals surface area contributed by atoms with Crippen LogP contribution in [-0.4, -0.2) is 68.4 Å². The maximum atomic E-state index is 5.85. The zero-order chi connectivity index (χ0) is 13.9. The molecule has 110 valence electrons. The smallest absolute Gasteiger partial charge is 0.133 e. The number of likely N-dealkylation sites (tertiary alicyclic amines) is 1. The number of hydrogen-bond donors (Lipinski definition) is 0. The standard InChI is InChI=1S/C15H21BrN2O2/c1-17-6-8-20-15-11-18(10-13(15)17)7-9-19-14-5-3-2-4-12(14)16/h2-5,13,15H,6-11H2,1H3/t13-,15+/m1/s1. The van der Waals surface area contributed by atoms with Gasteiger partial charge in [-0.2, -0.15) is 0 Å². The molecular weight excluding hydrogens is 320 g/mol. The van der Waals surface area contributed by atoms with Crippen LogP contribution in [0.3, 0.4) is 0 Å². The molecule has 3 rings (SSSR count). The first-order valence-electron chi connectivity index (χ1n) is 7.15. The van der Waals surface area contributed by atoms with Gasteiger partial charge in [-0.3, -0.25) is 9.80 Å². The fourth-order valence-electron chi connectivity index (χ4n) is 2.96. The van der Waals surface area contributed by atoms with E-state index in [-0.39, 0.29) is 0 Å². The first-order chi connectivity index (χ1) is 9.74. The Bertz CT molecular complexity index is 457. The summed E-state index contributed by atoms with van der Waals surface area (Å²) < 4.78 is 12.7. The van der Waals surface area contributed by atoms with Crippen molar-refractivity contribution in [2.24, 2.45) is 0 Å². The highest BCUT2D eigenvalue weighted by Gasteiger charge is 2.38. The number of hydrogen-bond acceptors (Lipinski definition) is 4. The molecule has 4 nitrogen and oxygen atoms in total. The number of nitrogens with zero attached hydrogens (tertiary/aromatic N) is 2. The molecule has 2 heterocycles. The molecule has 0 unspecified atom stereocenters. The predicted molar refractivity (Wildman–Crippen MR) is 82.2 cm³/mol. The first kappa shape index (κ1) is 14.3. The topological polar surface area (TPSA) is 24.9 Å². The zero-order valence-electron chi connectivity index (χ0n) is 11.8. The second-order valence-corrected chi connectivity index (χ2v) is 6.35. The summed E-state index contributed by atoms with van der Waals surface area (Å²) >= 11 is 3.50. The molecule has 2 fully saturated rings. The first-order valence-corrected chi connectivity index (χ1v) is 7.95. The summed E-state index contributed by atoms with van der Waals surface area (Å²) in [6, 6.07) is 8.53. The molecule has 0 bridgehead atoms. The van der Waals surface area contributed by atoms with Crippen molar-refractivity contribution >= 4 is 15.9 Å². The molecule has 0 spiro atoms. The number of fused-ring (bicyclic) bond motifs is 1. The third kappa shape index (κ3) is 3.17. The maximum Gasteiger partial charge on any atom is 0.133 e. The maximum absolute atomic E-state index is 5.85. The van der Waals surface area contributed by atoms with Crippen molar-refractivity contribution in [3.05, 3.63) is 28.7 Å². The zero-order valence-corrected chi connectivity index (χ0v) is 13.4. The molecule has 2 atom stereocenters. The highest BCUT2D eigenvalue weighted by molar-refractivity contribution is 9.10. The van der Waals surface area contributed by atoms with E-state index < -0.39 is 0 Å². The predicted octanol–water partition coefficient (Wildman–Crippen LogP) is 1.84. The molecule has 0 amide bonds. The Kier molecular flexibility index (Phi) is 4.61. The van der Waals surface area contributed by atoms with E-state index in [0.717, 1.165) is 43.0 Å². The van der Waals surface area contributed by atoms with Gasteiger partial charge < -0.3 is 9.47 Å². The number of para-hydroxylation sites is 1. The van der Waals surface area contributed by atoms with E-state index in [0.29, 0.717) is 18.8 Å². The van der Waals surface area contributed by atoms with Crippen LogP contribution in [0.25, 0.3) is 0 Å². The lowest BCUT2D eigenvalue weighted by Gasteiger charge is -2.33. The highest BCUT2D eigenvalue weighted by Crippen LogP contribution is 2.24. The number of morpholine rings is 1. The molecule has 0 N–H and O–H groups in total. The second-order valence-electron chi connectivity index (χ2n) is 5.50. The molecule has 20 heavy (non-hydrogen) atoms. The summed E-state index contributed by atoms with van der Waals surface area (Å²) in [5.41, 5.74) is 0. The number of rotatable bonds is 4. The van der Waals surface area contributed by atoms with Crippen LogP contribution in [-0.2, 0) is 4.74 Å². The molecule has 2 saturated heterocycles. The molecule has 0 aliphatic carbocycles. The van der Waals surface area contributed by atoms with Crippen molar-refractivity contribution < 1.29 is 9.47 Å². The lowest BCUT2D eigenvalue weighted by Crippen LogP contribution is -2.48. The Balaban J connectivity index is 1.47. The van der Waals surface area contributed by atoms with Crippen molar-refractivity contribution in [1.29, 1.82) is 0 Å². The van der Waals surface area contributed by atoms with Gasteiger partial charge in [0.1, 0.15) is 12.4 Å². The summed E-state index contributed by atoms with van der Waals surface area (Å²) in [5, 5.41) is 0. The quantitative estimate of drug-likeness (QED) is 0.835. The minimum Gasteiger partial charge on any atom is -0.491 e. The van der Waals surface area contributed by atoms with Crippen LogP contribution >= 0.6 is 15.9 Å². The summed E-state index contributed by atoms with van der Waals surface area (Å²) in [5.74, 6) is 0.914. The average Bonchev–Trinajstić information content (AvgIpc) is 2.85. The molecule has 5 heteroatoms. The summed E-state index contributed by atoms with van der Waals surface area (Å²) in [6.45, 7) is 5.67.